The minimum absolute atomic E-state index is 0.237. The average molecular weight is 631 g/mol. The summed E-state index contributed by atoms with van der Waals surface area (Å²) in [6.45, 7) is 0. The fourth-order valence-electron chi connectivity index (χ4n) is 6.81. The zero-order valence-electron chi connectivity index (χ0n) is 26.5. The van der Waals surface area contributed by atoms with Gasteiger partial charge in [-0.05, 0) is 81.9 Å². The van der Waals surface area contributed by atoms with Gasteiger partial charge < -0.3 is 14.4 Å². The monoisotopic (exact) mass is 630 g/mol. The van der Waals surface area contributed by atoms with Gasteiger partial charge in [-0.25, -0.2) is 4.98 Å². The van der Waals surface area contributed by atoms with E-state index in [9.17, 15) is 5.11 Å². The maximum atomic E-state index is 11.0. The molecule has 49 heavy (non-hydrogen) atoms. The summed E-state index contributed by atoms with van der Waals surface area (Å²) in [5, 5.41) is 15.3. The second-order valence-corrected chi connectivity index (χ2v) is 12.2. The number of hydrogen-bond donors (Lipinski definition) is 1. The summed E-state index contributed by atoms with van der Waals surface area (Å²) in [5.74, 6) is 0.841. The highest BCUT2D eigenvalue weighted by molar-refractivity contribution is 6.18. The molecule has 4 heteroatoms. The van der Waals surface area contributed by atoms with Crippen LogP contribution in [-0.4, -0.2) is 10.1 Å². The number of phenols is 1. The van der Waals surface area contributed by atoms with Crippen molar-refractivity contribution in [2.24, 2.45) is 0 Å². The van der Waals surface area contributed by atoms with Crippen LogP contribution in [0.1, 0.15) is 0 Å². The van der Waals surface area contributed by atoms with E-state index in [1.807, 2.05) is 72.8 Å². The summed E-state index contributed by atoms with van der Waals surface area (Å²) in [6, 6.07) is 59.9. The lowest BCUT2D eigenvalue weighted by Gasteiger charge is -2.28. The first kappa shape index (κ1) is 28.6. The molecule has 0 unspecified atom stereocenters. The van der Waals surface area contributed by atoms with Gasteiger partial charge in [-0.15, -0.1) is 0 Å². The van der Waals surface area contributed by atoms with Crippen LogP contribution in [0.4, 0.5) is 17.1 Å². The van der Waals surface area contributed by atoms with Crippen LogP contribution in [0.5, 0.6) is 5.75 Å². The van der Waals surface area contributed by atoms with Gasteiger partial charge in [0.1, 0.15) is 11.3 Å². The number of aromatic hydroxyl groups is 1. The number of para-hydroxylation sites is 2. The summed E-state index contributed by atoms with van der Waals surface area (Å²) >= 11 is 0. The molecule has 0 bridgehead atoms. The Bertz CT molecular complexity index is 2610. The number of anilines is 3. The summed E-state index contributed by atoms with van der Waals surface area (Å²) in [4.78, 5) is 7.15. The quantitative estimate of drug-likeness (QED) is 0.186. The molecule has 0 amide bonds. The van der Waals surface area contributed by atoms with Gasteiger partial charge in [-0.1, -0.05) is 121 Å². The van der Waals surface area contributed by atoms with E-state index < -0.39 is 0 Å². The van der Waals surface area contributed by atoms with Crippen molar-refractivity contribution >= 4 is 49.7 Å². The molecule has 0 radical (unpaired) electrons. The van der Waals surface area contributed by atoms with Crippen molar-refractivity contribution in [3.63, 3.8) is 0 Å². The van der Waals surface area contributed by atoms with Crippen LogP contribution in [0.25, 0.3) is 66.4 Å². The molecule has 4 nitrogen and oxygen atoms in total. The van der Waals surface area contributed by atoms with Gasteiger partial charge in [-0.2, -0.15) is 0 Å². The third-order valence-corrected chi connectivity index (χ3v) is 9.19. The van der Waals surface area contributed by atoms with Crippen molar-refractivity contribution in [3.8, 4) is 39.5 Å². The van der Waals surface area contributed by atoms with E-state index >= 15 is 0 Å². The minimum atomic E-state index is 0.237. The van der Waals surface area contributed by atoms with E-state index in [1.54, 1.807) is 6.07 Å². The van der Waals surface area contributed by atoms with Gasteiger partial charge in [0.25, 0.3) is 0 Å². The maximum Gasteiger partial charge on any atom is 0.227 e. The van der Waals surface area contributed by atoms with Gasteiger partial charge in [0.15, 0.2) is 5.58 Å². The molecule has 232 valence electrons. The number of aromatic nitrogens is 1. The number of oxazole rings is 1. The Hall–Kier alpha value is -6.65. The van der Waals surface area contributed by atoms with Crippen molar-refractivity contribution in [1.29, 1.82) is 0 Å². The average Bonchev–Trinajstić information content (AvgIpc) is 3.61. The lowest BCUT2D eigenvalue weighted by molar-refractivity contribution is 0.477. The topological polar surface area (TPSA) is 49.5 Å². The van der Waals surface area contributed by atoms with E-state index in [1.165, 1.54) is 5.56 Å². The molecule has 0 saturated heterocycles. The summed E-state index contributed by atoms with van der Waals surface area (Å²) in [6.07, 6.45) is 0. The second-order valence-electron chi connectivity index (χ2n) is 12.2. The normalized spacial score (nSPS) is 11.3. The van der Waals surface area contributed by atoms with Gasteiger partial charge >= 0.3 is 0 Å². The van der Waals surface area contributed by atoms with E-state index in [-0.39, 0.29) is 5.75 Å². The highest BCUT2D eigenvalue weighted by Gasteiger charge is 2.20. The summed E-state index contributed by atoms with van der Waals surface area (Å²) in [5.41, 5.74) is 9.47. The van der Waals surface area contributed by atoms with Crippen LogP contribution in [0.3, 0.4) is 0 Å². The van der Waals surface area contributed by atoms with Crippen LogP contribution < -0.4 is 4.90 Å². The molecule has 9 aromatic rings. The molecule has 0 saturated carbocycles. The molecule has 1 aromatic heterocycles. The fraction of sp³-hybridized carbons (Fsp3) is 0. The van der Waals surface area contributed by atoms with Gasteiger partial charge in [0.2, 0.25) is 5.89 Å². The van der Waals surface area contributed by atoms with Crippen LogP contribution in [0.2, 0.25) is 0 Å². The lowest BCUT2D eigenvalue weighted by atomic mass is 9.98. The van der Waals surface area contributed by atoms with Crippen LogP contribution in [-0.2, 0) is 0 Å². The molecule has 8 aromatic carbocycles. The molecule has 0 aliphatic carbocycles. The first-order chi connectivity index (χ1) is 24.2. The van der Waals surface area contributed by atoms with E-state index in [0.29, 0.717) is 5.89 Å². The first-order valence-corrected chi connectivity index (χ1v) is 16.4. The second kappa shape index (κ2) is 11.9. The number of phenolic OH excluding ortho intramolecular Hbond substituents is 1. The largest absolute Gasteiger partial charge is 0.507 e. The Morgan fingerprint density at radius 1 is 0.490 bits per heavy atom. The van der Waals surface area contributed by atoms with Crippen molar-refractivity contribution in [2.75, 3.05) is 4.90 Å². The molecule has 0 aliphatic heterocycles. The number of nitrogens with zero attached hydrogens (tertiary/aromatic N) is 2. The first-order valence-electron chi connectivity index (χ1n) is 16.4. The Labute approximate surface area is 283 Å². The molecule has 0 spiro atoms. The SMILES string of the molecule is Oc1ccccc1-c1ccccc1N(c1ccc(-c2ccccc2)cc1)c1ccc2ccc3ccc4nc(-c5ccccc5)oc4c3c2c1. The van der Waals surface area contributed by atoms with Gasteiger partial charge in [-0.3, -0.25) is 0 Å². The van der Waals surface area contributed by atoms with Crippen molar-refractivity contribution in [2.45, 2.75) is 0 Å². The highest BCUT2D eigenvalue weighted by atomic mass is 16.3. The molecular formula is C45H30N2O2. The Morgan fingerprint density at radius 2 is 1.08 bits per heavy atom. The molecule has 1 heterocycles. The molecule has 0 fully saturated rings. The Kier molecular flexibility index (Phi) is 6.91. The number of rotatable bonds is 6. The number of benzene rings is 8. The van der Waals surface area contributed by atoms with Crippen LogP contribution in [0.15, 0.2) is 180 Å². The summed E-state index contributed by atoms with van der Waals surface area (Å²) in [7, 11) is 0. The lowest BCUT2D eigenvalue weighted by Crippen LogP contribution is -2.11. The zero-order valence-corrected chi connectivity index (χ0v) is 26.5. The third kappa shape index (κ3) is 5.07. The molecule has 9 rings (SSSR count). The van der Waals surface area contributed by atoms with E-state index in [0.717, 1.165) is 72.0 Å². The minimum Gasteiger partial charge on any atom is -0.507 e. The molecule has 0 aliphatic rings. The fourth-order valence-corrected chi connectivity index (χ4v) is 6.81. The van der Waals surface area contributed by atoms with Gasteiger partial charge in [0.05, 0.1) is 5.69 Å². The van der Waals surface area contributed by atoms with E-state index in [4.69, 9.17) is 9.40 Å². The van der Waals surface area contributed by atoms with Gasteiger partial charge in [0, 0.05) is 33.5 Å². The Balaban J connectivity index is 1.28. The predicted octanol–water partition coefficient (Wildman–Crippen LogP) is 12.3. The number of hydrogen-bond acceptors (Lipinski definition) is 4. The van der Waals surface area contributed by atoms with Crippen molar-refractivity contribution in [1.82, 2.24) is 4.98 Å². The third-order valence-electron chi connectivity index (χ3n) is 9.19. The van der Waals surface area contributed by atoms with E-state index in [2.05, 4.69) is 102 Å². The molecular weight excluding hydrogens is 601 g/mol. The predicted molar refractivity (Wildman–Crippen MR) is 202 cm³/mol. The number of fused-ring (bicyclic) bond motifs is 5. The van der Waals surface area contributed by atoms with Crippen LogP contribution >= 0.6 is 0 Å². The molecule has 1 N–H and O–H groups in total. The van der Waals surface area contributed by atoms with Crippen LogP contribution in [0, 0.1) is 0 Å². The molecule has 0 atom stereocenters. The smallest absolute Gasteiger partial charge is 0.227 e. The Morgan fingerprint density at radius 3 is 1.86 bits per heavy atom. The van der Waals surface area contributed by atoms with Crippen molar-refractivity contribution in [3.05, 3.63) is 176 Å². The zero-order chi connectivity index (χ0) is 32.7. The standard InChI is InChI=1S/C45H30N2O2/c48-42-18-10-8-16-38(42)37-15-7-9-17-41(37)47(35-25-21-31(22-26-35)30-11-3-1-4-12-30)36-27-23-32-19-20-33-24-28-40-44(43(33)39(32)29-36)49-45(46-40)34-13-5-2-6-14-34/h1-29,48H. The summed E-state index contributed by atoms with van der Waals surface area (Å²) < 4.78 is 6.54. The highest BCUT2D eigenvalue weighted by Crippen LogP contribution is 2.45. The maximum absolute atomic E-state index is 11.0. The van der Waals surface area contributed by atoms with Crippen molar-refractivity contribution < 1.29 is 9.52 Å².